The van der Waals surface area contributed by atoms with E-state index in [2.05, 4.69) is 31.4 Å². The Morgan fingerprint density at radius 3 is 2.71 bits per heavy atom. The third-order valence-electron chi connectivity index (χ3n) is 2.41. The summed E-state index contributed by atoms with van der Waals surface area (Å²) in [7, 11) is 0. The number of aromatic nitrogens is 1. The number of nitrogens with one attached hydrogen (secondary N) is 1. The Balaban J connectivity index is 2.29. The van der Waals surface area contributed by atoms with Crippen LogP contribution in [-0.4, -0.2) is 21.8 Å². The fourth-order valence-electron chi connectivity index (χ4n) is 1.43. The Hall–Kier alpha value is -1.99. The lowest BCUT2D eigenvalue weighted by Crippen LogP contribution is -2.16. The summed E-state index contributed by atoms with van der Waals surface area (Å²) >= 11 is 8.87. The van der Waals surface area contributed by atoms with Crippen LogP contribution in [0.3, 0.4) is 0 Å². The first kappa shape index (κ1) is 15.4. The van der Waals surface area contributed by atoms with E-state index in [1.54, 1.807) is 12.1 Å². The number of carboxylic acids is 1. The highest BCUT2D eigenvalue weighted by Gasteiger charge is 2.14. The zero-order valence-corrected chi connectivity index (χ0v) is 12.7. The van der Waals surface area contributed by atoms with Crippen LogP contribution in [0.4, 0.5) is 10.2 Å². The van der Waals surface area contributed by atoms with Gasteiger partial charge in [-0.3, -0.25) is 5.43 Å². The summed E-state index contributed by atoms with van der Waals surface area (Å²) in [6.45, 7) is 0. The number of hydrogen-bond acceptors (Lipinski definition) is 4. The summed E-state index contributed by atoms with van der Waals surface area (Å²) < 4.78 is 13.9. The molecule has 8 heteroatoms. The molecule has 0 spiro atoms. The van der Waals surface area contributed by atoms with Gasteiger partial charge in [0.15, 0.2) is 5.71 Å². The van der Waals surface area contributed by atoms with E-state index in [0.29, 0.717) is 5.82 Å². The van der Waals surface area contributed by atoms with Gasteiger partial charge in [-0.15, -0.1) is 0 Å². The van der Waals surface area contributed by atoms with Crippen molar-refractivity contribution in [3.05, 3.63) is 57.4 Å². The molecule has 0 atom stereocenters. The molecule has 0 amide bonds. The summed E-state index contributed by atoms with van der Waals surface area (Å²) in [5.74, 6) is -1.54. The van der Waals surface area contributed by atoms with E-state index in [1.165, 1.54) is 18.3 Å². The normalized spacial score (nSPS) is 11.3. The van der Waals surface area contributed by atoms with Gasteiger partial charge in [-0.2, -0.15) is 5.10 Å². The molecule has 0 fully saturated rings. The number of pyridine rings is 1. The Morgan fingerprint density at radius 2 is 2.14 bits per heavy atom. The lowest BCUT2D eigenvalue weighted by atomic mass is 10.1. The van der Waals surface area contributed by atoms with Gasteiger partial charge in [0.2, 0.25) is 0 Å². The van der Waals surface area contributed by atoms with Gasteiger partial charge in [0.25, 0.3) is 0 Å². The molecule has 1 aromatic carbocycles. The van der Waals surface area contributed by atoms with Crippen molar-refractivity contribution in [2.75, 3.05) is 5.43 Å². The predicted octanol–water partition coefficient (Wildman–Crippen LogP) is 3.54. The molecule has 2 rings (SSSR count). The van der Waals surface area contributed by atoms with Crippen LogP contribution in [-0.2, 0) is 4.79 Å². The first-order chi connectivity index (χ1) is 9.97. The fourth-order valence-corrected chi connectivity index (χ4v) is 1.85. The number of hydrogen-bond donors (Lipinski definition) is 2. The molecule has 108 valence electrons. The van der Waals surface area contributed by atoms with Gasteiger partial charge in [0.1, 0.15) is 11.6 Å². The molecule has 0 bridgehead atoms. The van der Waals surface area contributed by atoms with E-state index >= 15 is 0 Å². The van der Waals surface area contributed by atoms with Crippen molar-refractivity contribution in [2.24, 2.45) is 5.10 Å². The molecule has 0 saturated heterocycles. The molecule has 0 saturated carbocycles. The van der Waals surface area contributed by atoms with Crippen molar-refractivity contribution < 1.29 is 14.3 Å². The van der Waals surface area contributed by atoms with Crippen molar-refractivity contribution in [1.29, 1.82) is 0 Å². The highest BCUT2D eigenvalue weighted by Crippen LogP contribution is 2.17. The second-order valence-electron chi connectivity index (χ2n) is 3.87. The SMILES string of the molecule is O=C(O)/C(=N\Nc1ccc(Br)cn1)c1ccc(F)c(Cl)c1. The van der Waals surface area contributed by atoms with Crippen molar-refractivity contribution in [3.8, 4) is 0 Å². The minimum absolute atomic E-state index is 0.178. The molecule has 0 radical (unpaired) electrons. The molecule has 1 heterocycles. The molecule has 0 unspecified atom stereocenters. The maximum Gasteiger partial charge on any atom is 0.356 e. The Morgan fingerprint density at radius 1 is 1.38 bits per heavy atom. The molecule has 1 aromatic heterocycles. The number of carbonyl (C=O) groups is 1. The summed E-state index contributed by atoms with van der Waals surface area (Å²) in [6, 6.07) is 6.89. The van der Waals surface area contributed by atoms with Crippen LogP contribution in [0.1, 0.15) is 5.56 Å². The minimum atomic E-state index is -1.28. The number of carboxylic acid groups (broad SMARTS) is 1. The highest BCUT2D eigenvalue weighted by atomic mass is 79.9. The van der Waals surface area contributed by atoms with E-state index in [9.17, 15) is 14.3 Å². The van der Waals surface area contributed by atoms with Crippen molar-refractivity contribution in [2.45, 2.75) is 0 Å². The first-order valence-electron chi connectivity index (χ1n) is 5.61. The molecule has 2 N–H and O–H groups in total. The summed E-state index contributed by atoms with van der Waals surface area (Å²) in [4.78, 5) is 15.2. The molecule has 2 aromatic rings. The number of aliphatic carboxylic acids is 1. The third kappa shape index (κ3) is 3.99. The monoisotopic (exact) mass is 371 g/mol. The van der Waals surface area contributed by atoms with Crippen LogP contribution in [0.2, 0.25) is 5.02 Å². The second-order valence-corrected chi connectivity index (χ2v) is 5.19. The van der Waals surface area contributed by atoms with Gasteiger partial charge in [-0.05, 0) is 46.3 Å². The quantitative estimate of drug-likeness (QED) is 0.636. The van der Waals surface area contributed by atoms with E-state index in [0.717, 1.165) is 10.5 Å². The molecular weight excluding hydrogens is 365 g/mol. The lowest BCUT2D eigenvalue weighted by Gasteiger charge is -2.04. The average Bonchev–Trinajstić information content (AvgIpc) is 2.44. The van der Waals surface area contributed by atoms with Gasteiger partial charge >= 0.3 is 5.97 Å². The summed E-state index contributed by atoms with van der Waals surface area (Å²) in [5.41, 5.74) is 2.40. The second kappa shape index (κ2) is 6.64. The van der Waals surface area contributed by atoms with Gasteiger partial charge in [0.05, 0.1) is 5.02 Å². The van der Waals surface area contributed by atoms with Crippen molar-refractivity contribution >= 4 is 45.0 Å². The van der Waals surface area contributed by atoms with E-state index < -0.39 is 11.8 Å². The van der Waals surface area contributed by atoms with Crippen molar-refractivity contribution in [3.63, 3.8) is 0 Å². The number of hydrazone groups is 1. The molecule has 21 heavy (non-hydrogen) atoms. The highest BCUT2D eigenvalue weighted by molar-refractivity contribution is 9.10. The molecule has 0 aliphatic carbocycles. The zero-order valence-electron chi connectivity index (χ0n) is 10.3. The van der Waals surface area contributed by atoms with Gasteiger partial charge in [0, 0.05) is 16.2 Å². The standard InChI is InChI=1S/C13H8BrClFN3O2/c14-8-2-4-11(17-6-8)18-19-12(13(20)21)7-1-3-10(16)9(15)5-7/h1-6H,(H,17,18)(H,20,21)/b19-12-. The van der Waals surface area contributed by atoms with Crippen molar-refractivity contribution in [1.82, 2.24) is 4.98 Å². The Bertz CT molecular complexity index is 707. The molecule has 0 aliphatic rings. The number of anilines is 1. The molecular formula is C13H8BrClFN3O2. The van der Waals surface area contributed by atoms with Crippen LogP contribution in [0.5, 0.6) is 0 Å². The van der Waals surface area contributed by atoms with E-state index in [-0.39, 0.29) is 16.3 Å². The number of halogens is 3. The number of nitrogens with zero attached hydrogens (tertiary/aromatic N) is 2. The van der Waals surface area contributed by atoms with Crippen LogP contribution in [0, 0.1) is 5.82 Å². The fraction of sp³-hybridized carbons (Fsp3) is 0. The average molecular weight is 373 g/mol. The maximum absolute atomic E-state index is 13.1. The van der Waals surface area contributed by atoms with Crippen LogP contribution < -0.4 is 5.43 Å². The maximum atomic E-state index is 13.1. The third-order valence-corrected chi connectivity index (χ3v) is 3.16. The minimum Gasteiger partial charge on any atom is -0.476 e. The van der Waals surface area contributed by atoms with Gasteiger partial charge in [-0.25, -0.2) is 14.2 Å². The zero-order chi connectivity index (χ0) is 15.4. The van der Waals surface area contributed by atoms with E-state index in [4.69, 9.17) is 11.6 Å². The predicted molar refractivity (Wildman–Crippen MR) is 81.1 cm³/mol. The first-order valence-corrected chi connectivity index (χ1v) is 6.78. The van der Waals surface area contributed by atoms with Crippen LogP contribution in [0.15, 0.2) is 46.1 Å². The largest absolute Gasteiger partial charge is 0.476 e. The molecule has 5 nitrogen and oxygen atoms in total. The van der Waals surface area contributed by atoms with Crippen LogP contribution in [0.25, 0.3) is 0 Å². The number of benzene rings is 1. The van der Waals surface area contributed by atoms with Gasteiger partial charge < -0.3 is 5.11 Å². The van der Waals surface area contributed by atoms with Crippen LogP contribution >= 0.6 is 27.5 Å². The smallest absolute Gasteiger partial charge is 0.356 e. The Kier molecular flexibility index (Phi) is 4.87. The molecule has 0 aliphatic heterocycles. The lowest BCUT2D eigenvalue weighted by molar-refractivity contribution is -0.129. The summed E-state index contributed by atoms with van der Waals surface area (Å²) in [6.07, 6.45) is 1.53. The number of rotatable bonds is 4. The summed E-state index contributed by atoms with van der Waals surface area (Å²) in [5, 5.41) is 12.8. The Labute approximate surface area is 132 Å². The van der Waals surface area contributed by atoms with Gasteiger partial charge in [-0.1, -0.05) is 11.6 Å². The topological polar surface area (TPSA) is 74.6 Å². The van der Waals surface area contributed by atoms with E-state index in [1.807, 2.05) is 0 Å².